The van der Waals surface area contributed by atoms with E-state index in [-0.39, 0.29) is 17.3 Å². The Hall–Kier alpha value is -2.67. The number of carbonyl (C=O) groups is 1. The summed E-state index contributed by atoms with van der Waals surface area (Å²) in [5.74, 6) is -0.289. The number of nitrogens with one attached hydrogen (secondary N) is 1. The molecular formula is C24H23ClN2O3S. The predicted molar refractivity (Wildman–Crippen MR) is 121 cm³/mol. The van der Waals surface area contributed by atoms with E-state index in [1.165, 1.54) is 16.4 Å². The number of sulfonamides is 1. The Kier molecular flexibility index (Phi) is 6.41. The topological polar surface area (TPSA) is 66.5 Å². The molecule has 0 saturated heterocycles. The van der Waals surface area contributed by atoms with Crippen LogP contribution in [0.25, 0.3) is 0 Å². The van der Waals surface area contributed by atoms with E-state index in [2.05, 4.69) is 5.32 Å². The van der Waals surface area contributed by atoms with E-state index in [1.54, 1.807) is 12.1 Å². The molecule has 3 aromatic rings. The lowest BCUT2D eigenvalue weighted by molar-refractivity contribution is -0.125. The lowest BCUT2D eigenvalue weighted by Gasteiger charge is -2.35. The van der Waals surface area contributed by atoms with Crippen molar-refractivity contribution >= 4 is 27.5 Å². The first-order chi connectivity index (χ1) is 14.9. The molecule has 1 aliphatic heterocycles. The van der Waals surface area contributed by atoms with Gasteiger partial charge in [-0.3, -0.25) is 4.79 Å². The number of carbonyl (C=O) groups excluding carboxylic acids is 1. The smallest absolute Gasteiger partial charge is 0.244 e. The number of amides is 1. The fourth-order valence-electron chi connectivity index (χ4n) is 3.81. The number of halogens is 1. The highest BCUT2D eigenvalue weighted by Gasteiger charge is 2.39. The summed E-state index contributed by atoms with van der Waals surface area (Å²) < 4.78 is 28.1. The van der Waals surface area contributed by atoms with E-state index >= 15 is 0 Å². The van der Waals surface area contributed by atoms with E-state index in [0.29, 0.717) is 24.4 Å². The Bertz CT molecular complexity index is 1160. The lowest BCUT2D eigenvalue weighted by Crippen LogP contribution is -2.52. The molecular weight excluding hydrogens is 432 g/mol. The number of nitrogens with zero attached hydrogens (tertiary/aromatic N) is 1. The van der Waals surface area contributed by atoms with Crippen molar-refractivity contribution in [2.45, 2.75) is 30.3 Å². The number of fused-ring (bicyclic) bond motifs is 1. The van der Waals surface area contributed by atoms with Gasteiger partial charge in [0.1, 0.15) is 6.04 Å². The predicted octanol–water partition coefficient (Wildman–Crippen LogP) is 3.81. The van der Waals surface area contributed by atoms with Crippen LogP contribution in [-0.4, -0.2) is 31.2 Å². The summed E-state index contributed by atoms with van der Waals surface area (Å²) >= 11 is 5.93. The van der Waals surface area contributed by atoms with Crippen molar-refractivity contribution in [2.24, 2.45) is 0 Å². The molecule has 0 spiro atoms. The van der Waals surface area contributed by atoms with Crippen LogP contribution in [0.4, 0.5) is 0 Å². The zero-order chi connectivity index (χ0) is 21.8. The summed E-state index contributed by atoms with van der Waals surface area (Å²) in [5.41, 5.74) is 3.02. The molecule has 4 rings (SSSR count). The Morgan fingerprint density at radius 2 is 1.58 bits per heavy atom. The third-order valence-electron chi connectivity index (χ3n) is 5.48. The molecule has 3 aromatic carbocycles. The quantitative estimate of drug-likeness (QED) is 0.615. The normalized spacial score (nSPS) is 16.5. The molecule has 0 fully saturated rings. The third kappa shape index (κ3) is 4.82. The maximum absolute atomic E-state index is 13.4. The average Bonchev–Trinajstić information content (AvgIpc) is 2.79. The monoisotopic (exact) mass is 454 g/mol. The first-order valence-electron chi connectivity index (χ1n) is 10.1. The van der Waals surface area contributed by atoms with Crippen LogP contribution in [0.5, 0.6) is 0 Å². The van der Waals surface area contributed by atoms with Gasteiger partial charge in [-0.25, -0.2) is 8.42 Å². The highest BCUT2D eigenvalue weighted by Crippen LogP contribution is 2.29. The van der Waals surface area contributed by atoms with Gasteiger partial charge >= 0.3 is 0 Å². The van der Waals surface area contributed by atoms with E-state index in [1.807, 2.05) is 54.6 Å². The molecule has 5 nitrogen and oxygen atoms in total. The number of rotatable bonds is 6. The van der Waals surface area contributed by atoms with Crippen LogP contribution in [0, 0.1) is 0 Å². The Labute approximate surface area is 187 Å². The summed E-state index contributed by atoms with van der Waals surface area (Å²) in [6.07, 6.45) is 1.01. The Balaban J connectivity index is 1.58. The fraction of sp³-hybridized carbons (Fsp3) is 0.208. The van der Waals surface area contributed by atoms with Crippen molar-refractivity contribution in [3.05, 3.63) is 101 Å². The summed E-state index contributed by atoms with van der Waals surface area (Å²) in [6, 6.07) is 22.7. The maximum atomic E-state index is 13.4. The molecule has 7 heteroatoms. The van der Waals surface area contributed by atoms with Gasteiger partial charge in [-0.05, 0) is 53.8 Å². The minimum atomic E-state index is -3.88. The number of hydrogen-bond donors (Lipinski definition) is 1. The lowest BCUT2D eigenvalue weighted by atomic mass is 9.95. The van der Waals surface area contributed by atoms with Gasteiger partial charge in [0.05, 0.1) is 4.90 Å². The van der Waals surface area contributed by atoms with Crippen LogP contribution in [0.2, 0.25) is 5.02 Å². The molecule has 0 aliphatic carbocycles. The molecule has 0 bridgehead atoms. The van der Waals surface area contributed by atoms with Gasteiger partial charge in [0, 0.05) is 18.1 Å². The molecule has 0 aromatic heterocycles. The van der Waals surface area contributed by atoms with E-state index in [9.17, 15) is 13.2 Å². The van der Waals surface area contributed by atoms with Crippen molar-refractivity contribution in [1.82, 2.24) is 9.62 Å². The van der Waals surface area contributed by atoms with Crippen LogP contribution in [-0.2, 0) is 34.2 Å². The molecule has 1 amide bonds. The van der Waals surface area contributed by atoms with Gasteiger partial charge in [-0.1, -0.05) is 66.2 Å². The number of benzene rings is 3. The molecule has 31 heavy (non-hydrogen) atoms. The van der Waals surface area contributed by atoms with Crippen LogP contribution in [0.1, 0.15) is 16.7 Å². The van der Waals surface area contributed by atoms with Gasteiger partial charge in [0.25, 0.3) is 0 Å². The molecule has 1 atom stereocenters. The fourth-order valence-corrected chi connectivity index (χ4v) is 5.50. The molecule has 1 N–H and O–H groups in total. The second-order valence-electron chi connectivity index (χ2n) is 7.52. The molecule has 0 radical (unpaired) electrons. The van der Waals surface area contributed by atoms with E-state index in [0.717, 1.165) is 16.7 Å². The van der Waals surface area contributed by atoms with Crippen molar-refractivity contribution in [1.29, 1.82) is 0 Å². The number of hydrogen-bond acceptors (Lipinski definition) is 3. The molecule has 1 heterocycles. The van der Waals surface area contributed by atoms with Crippen molar-refractivity contribution in [2.75, 3.05) is 6.54 Å². The highest BCUT2D eigenvalue weighted by molar-refractivity contribution is 7.89. The van der Waals surface area contributed by atoms with Crippen molar-refractivity contribution < 1.29 is 13.2 Å². The first-order valence-corrected chi connectivity index (χ1v) is 11.9. The Morgan fingerprint density at radius 3 is 2.29 bits per heavy atom. The summed E-state index contributed by atoms with van der Waals surface area (Å²) in [4.78, 5) is 13.2. The summed E-state index contributed by atoms with van der Waals surface area (Å²) in [6.45, 7) is 0.591. The zero-order valence-electron chi connectivity index (χ0n) is 16.9. The average molecular weight is 455 g/mol. The molecule has 160 valence electrons. The zero-order valence-corrected chi connectivity index (χ0v) is 18.4. The highest BCUT2D eigenvalue weighted by atomic mass is 35.5. The van der Waals surface area contributed by atoms with Gasteiger partial charge in [0.2, 0.25) is 15.9 Å². The third-order valence-corrected chi connectivity index (χ3v) is 7.60. The largest absolute Gasteiger partial charge is 0.354 e. The van der Waals surface area contributed by atoms with Crippen LogP contribution >= 0.6 is 11.6 Å². The van der Waals surface area contributed by atoms with Crippen LogP contribution in [0.3, 0.4) is 0 Å². The summed E-state index contributed by atoms with van der Waals surface area (Å²) in [5, 5.41) is 3.38. The standard InChI is InChI=1S/C24H23ClN2O3S/c25-21-10-12-22(13-11-21)31(29,30)27-17-20-9-5-4-8-19(20)16-23(27)24(28)26-15-14-18-6-2-1-3-7-18/h1-13,23H,14-17H2,(H,26,28)/t23-/m0/s1. The van der Waals surface area contributed by atoms with Crippen molar-refractivity contribution in [3.63, 3.8) is 0 Å². The SMILES string of the molecule is O=C(NCCc1ccccc1)[C@@H]1Cc2ccccc2CN1S(=O)(=O)c1ccc(Cl)cc1. The van der Waals surface area contributed by atoms with Gasteiger partial charge in [-0.15, -0.1) is 0 Å². The van der Waals surface area contributed by atoms with Gasteiger partial charge in [-0.2, -0.15) is 4.31 Å². The maximum Gasteiger partial charge on any atom is 0.244 e. The second-order valence-corrected chi connectivity index (χ2v) is 9.85. The summed E-state index contributed by atoms with van der Waals surface area (Å²) in [7, 11) is -3.88. The van der Waals surface area contributed by atoms with Crippen molar-refractivity contribution in [3.8, 4) is 0 Å². The molecule has 1 aliphatic rings. The Morgan fingerprint density at radius 1 is 0.935 bits per heavy atom. The van der Waals surface area contributed by atoms with E-state index < -0.39 is 16.1 Å². The first kappa shape index (κ1) is 21.6. The molecule has 0 saturated carbocycles. The minimum Gasteiger partial charge on any atom is -0.354 e. The van der Waals surface area contributed by atoms with Crippen LogP contribution < -0.4 is 5.32 Å². The van der Waals surface area contributed by atoms with Gasteiger partial charge < -0.3 is 5.32 Å². The molecule has 0 unspecified atom stereocenters. The van der Waals surface area contributed by atoms with Gasteiger partial charge in [0.15, 0.2) is 0 Å². The second kappa shape index (κ2) is 9.22. The minimum absolute atomic E-state index is 0.123. The van der Waals surface area contributed by atoms with E-state index in [4.69, 9.17) is 11.6 Å². The van der Waals surface area contributed by atoms with Crippen LogP contribution in [0.15, 0.2) is 83.8 Å².